The molecule has 0 fully saturated rings. The van der Waals surface area contributed by atoms with Crippen LogP contribution in [0, 0.1) is 0 Å². The summed E-state index contributed by atoms with van der Waals surface area (Å²) < 4.78 is 1.79. The minimum atomic E-state index is -0.476. The number of benzene rings is 1. The molecule has 3 heterocycles. The highest BCUT2D eigenvalue weighted by molar-refractivity contribution is 6.05. The van der Waals surface area contributed by atoms with Crippen molar-refractivity contribution in [2.24, 2.45) is 0 Å². The molecule has 0 spiro atoms. The van der Waals surface area contributed by atoms with E-state index in [9.17, 15) is 9.59 Å². The van der Waals surface area contributed by atoms with Crippen molar-refractivity contribution in [2.45, 2.75) is 6.42 Å². The second kappa shape index (κ2) is 6.79. The highest BCUT2D eigenvalue weighted by Crippen LogP contribution is 2.18. The predicted octanol–water partition coefficient (Wildman–Crippen LogP) is 1.30. The Balaban J connectivity index is 1.60. The summed E-state index contributed by atoms with van der Waals surface area (Å²) in [6.45, 7) is 0. The third-order valence-electron chi connectivity index (χ3n) is 4.05. The van der Waals surface area contributed by atoms with Crippen LogP contribution in [0.4, 0.5) is 0 Å². The minimum Gasteiger partial charge on any atom is -0.354 e. The SMILES string of the molecule is CNC(=O)c1n[nH]nc1C(=O)Cc1ccn2cc(-c3ccccc3)nc2n1. The summed E-state index contributed by atoms with van der Waals surface area (Å²) in [5.41, 5.74) is 2.27. The lowest BCUT2D eigenvalue weighted by molar-refractivity contribution is 0.0936. The molecule has 0 atom stereocenters. The average Bonchev–Trinajstić information content (AvgIpc) is 3.35. The van der Waals surface area contributed by atoms with E-state index in [1.165, 1.54) is 7.05 Å². The number of fused-ring (bicyclic) bond motifs is 1. The molecular formula is C18H15N7O2. The standard InChI is InChI=1S/C18H15N7O2/c1-19-17(27)16-15(22-24-23-16)14(26)9-12-7-8-25-10-13(21-18(25)20-12)11-5-3-2-4-6-11/h2-8,10H,9H2,1H3,(H,19,27)(H,22,23,24). The zero-order valence-corrected chi connectivity index (χ0v) is 14.4. The lowest BCUT2D eigenvalue weighted by atomic mass is 10.1. The van der Waals surface area contributed by atoms with E-state index in [1.807, 2.05) is 36.5 Å². The Bertz CT molecular complexity index is 1130. The van der Waals surface area contributed by atoms with Crippen molar-refractivity contribution in [2.75, 3.05) is 7.05 Å². The molecule has 3 aromatic heterocycles. The van der Waals surface area contributed by atoms with Crippen LogP contribution < -0.4 is 5.32 Å². The van der Waals surface area contributed by atoms with E-state index in [0.29, 0.717) is 11.5 Å². The van der Waals surface area contributed by atoms with Crippen molar-refractivity contribution in [1.82, 2.24) is 35.1 Å². The molecule has 0 aliphatic heterocycles. The number of nitrogens with zero attached hydrogens (tertiary/aromatic N) is 5. The van der Waals surface area contributed by atoms with Crippen LogP contribution in [0.2, 0.25) is 0 Å². The van der Waals surface area contributed by atoms with Gasteiger partial charge in [0.2, 0.25) is 5.78 Å². The van der Waals surface area contributed by atoms with Gasteiger partial charge in [0, 0.05) is 25.0 Å². The molecule has 134 valence electrons. The van der Waals surface area contributed by atoms with Crippen molar-refractivity contribution < 1.29 is 9.59 Å². The van der Waals surface area contributed by atoms with Gasteiger partial charge in [-0.1, -0.05) is 30.3 Å². The largest absolute Gasteiger partial charge is 0.354 e. The van der Waals surface area contributed by atoms with Crippen molar-refractivity contribution in [3.05, 3.63) is 65.9 Å². The van der Waals surface area contributed by atoms with Crippen molar-refractivity contribution in [1.29, 1.82) is 0 Å². The maximum atomic E-state index is 12.5. The van der Waals surface area contributed by atoms with Gasteiger partial charge in [-0.3, -0.25) is 14.0 Å². The second-order valence-corrected chi connectivity index (χ2v) is 5.82. The predicted molar refractivity (Wildman–Crippen MR) is 96.2 cm³/mol. The molecule has 0 radical (unpaired) electrons. The number of carbonyl (C=O) groups is 2. The molecular weight excluding hydrogens is 346 g/mol. The Morgan fingerprint density at radius 1 is 1.07 bits per heavy atom. The molecule has 0 aliphatic carbocycles. The molecule has 0 bridgehead atoms. The molecule has 0 unspecified atom stereocenters. The number of hydrogen-bond donors (Lipinski definition) is 2. The van der Waals surface area contributed by atoms with Gasteiger partial charge in [-0.25, -0.2) is 9.97 Å². The molecule has 4 aromatic rings. The lowest BCUT2D eigenvalue weighted by Gasteiger charge is -2.01. The van der Waals surface area contributed by atoms with Gasteiger partial charge in [-0.2, -0.15) is 15.4 Å². The Morgan fingerprint density at radius 3 is 2.63 bits per heavy atom. The highest BCUT2D eigenvalue weighted by Gasteiger charge is 2.22. The summed E-state index contributed by atoms with van der Waals surface area (Å²) in [7, 11) is 1.46. The zero-order valence-electron chi connectivity index (χ0n) is 14.4. The third-order valence-corrected chi connectivity index (χ3v) is 4.05. The molecule has 9 nitrogen and oxygen atoms in total. The van der Waals surface area contributed by atoms with Gasteiger partial charge in [-0.05, 0) is 6.07 Å². The number of hydrogen-bond acceptors (Lipinski definition) is 6. The van der Waals surface area contributed by atoms with Gasteiger partial charge < -0.3 is 5.32 Å². The van der Waals surface area contributed by atoms with E-state index in [0.717, 1.165) is 11.3 Å². The van der Waals surface area contributed by atoms with Crippen LogP contribution in [0.15, 0.2) is 48.8 Å². The van der Waals surface area contributed by atoms with Crippen molar-refractivity contribution >= 4 is 17.5 Å². The molecule has 27 heavy (non-hydrogen) atoms. The fourth-order valence-corrected chi connectivity index (χ4v) is 2.71. The maximum absolute atomic E-state index is 12.5. The monoisotopic (exact) mass is 361 g/mol. The number of aromatic nitrogens is 6. The summed E-state index contributed by atoms with van der Waals surface area (Å²) in [5.74, 6) is -0.337. The fraction of sp³-hybridized carbons (Fsp3) is 0.111. The minimum absolute atomic E-state index is 0.00987. The molecule has 1 amide bonds. The Morgan fingerprint density at radius 2 is 1.85 bits per heavy atom. The first-order valence-electron chi connectivity index (χ1n) is 8.22. The summed E-state index contributed by atoms with van der Waals surface area (Å²) in [6.07, 6.45) is 3.66. The molecule has 0 aliphatic rings. The molecule has 0 saturated heterocycles. The van der Waals surface area contributed by atoms with Gasteiger partial charge in [0.25, 0.3) is 5.91 Å². The summed E-state index contributed by atoms with van der Waals surface area (Å²) >= 11 is 0. The first-order valence-corrected chi connectivity index (χ1v) is 8.22. The number of rotatable bonds is 5. The summed E-state index contributed by atoms with van der Waals surface area (Å²) in [5, 5.41) is 12.3. The second-order valence-electron chi connectivity index (χ2n) is 5.82. The van der Waals surface area contributed by atoms with Crippen LogP contribution in [0.25, 0.3) is 17.0 Å². The number of carbonyl (C=O) groups excluding carboxylic acids is 2. The normalized spacial score (nSPS) is 10.9. The first kappa shape index (κ1) is 16.6. The zero-order chi connectivity index (χ0) is 18.8. The number of H-pyrrole nitrogens is 1. The van der Waals surface area contributed by atoms with E-state index in [2.05, 4.69) is 30.7 Å². The molecule has 1 aromatic carbocycles. The summed E-state index contributed by atoms with van der Waals surface area (Å²) in [4.78, 5) is 33.2. The van der Waals surface area contributed by atoms with Crippen LogP contribution >= 0.6 is 0 Å². The van der Waals surface area contributed by atoms with E-state index in [-0.39, 0.29) is 23.6 Å². The lowest BCUT2D eigenvalue weighted by Crippen LogP contribution is -2.22. The topological polar surface area (TPSA) is 118 Å². The molecule has 2 N–H and O–H groups in total. The van der Waals surface area contributed by atoms with Crippen LogP contribution in [0.1, 0.15) is 26.7 Å². The van der Waals surface area contributed by atoms with Crippen LogP contribution in [0.5, 0.6) is 0 Å². The first-order chi connectivity index (χ1) is 13.2. The Kier molecular flexibility index (Phi) is 4.17. The highest BCUT2D eigenvalue weighted by atomic mass is 16.2. The van der Waals surface area contributed by atoms with Crippen LogP contribution in [-0.2, 0) is 6.42 Å². The van der Waals surface area contributed by atoms with Gasteiger partial charge in [0.15, 0.2) is 17.2 Å². The quantitative estimate of drug-likeness (QED) is 0.517. The number of Topliss-reactive ketones (excluding diaryl/α,β-unsaturated/α-hetero) is 1. The summed E-state index contributed by atoms with van der Waals surface area (Å²) in [6, 6.07) is 11.5. The Hall–Kier alpha value is -3.88. The van der Waals surface area contributed by atoms with E-state index in [1.54, 1.807) is 16.7 Å². The Labute approximate surface area is 153 Å². The number of amides is 1. The van der Waals surface area contributed by atoms with Gasteiger partial charge in [0.05, 0.1) is 17.8 Å². The van der Waals surface area contributed by atoms with Crippen LogP contribution in [0.3, 0.4) is 0 Å². The number of imidazole rings is 1. The molecule has 0 saturated carbocycles. The van der Waals surface area contributed by atoms with Crippen molar-refractivity contribution in [3.63, 3.8) is 0 Å². The smallest absolute Gasteiger partial charge is 0.273 e. The van der Waals surface area contributed by atoms with E-state index >= 15 is 0 Å². The number of aromatic amines is 1. The van der Waals surface area contributed by atoms with Gasteiger partial charge >= 0.3 is 0 Å². The van der Waals surface area contributed by atoms with E-state index in [4.69, 9.17) is 0 Å². The van der Waals surface area contributed by atoms with Crippen LogP contribution in [-0.4, -0.2) is 48.5 Å². The third kappa shape index (κ3) is 3.17. The van der Waals surface area contributed by atoms with Gasteiger partial charge in [0.1, 0.15) is 0 Å². The molecule has 9 heteroatoms. The fourth-order valence-electron chi connectivity index (χ4n) is 2.71. The maximum Gasteiger partial charge on any atom is 0.273 e. The number of ketones is 1. The van der Waals surface area contributed by atoms with Gasteiger partial charge in [-0.15, -0.1) is 0 Å². The van der Waals surface area contributed by atoms with E-state index < -0.39 is 5.91 Å². The average molecular weight is 361 g/mol. The van der Waals surface area contributed by atoms with Crippen molar-refractivity contribution in [3.8, 4) is 11.3 Å². The number of nitrogens with one attached hydrogen (secondary N) is 2. The molecule has 4 rings (SSSR count).